The summed E-state index contributed by atoms with van der Waals surface area (Å²) in [6, 6.07) is 11.0. The SMILES string of the molecule is CC(=O)NN1C(C(=O)c2cccs2)=NN(c2ccc(Cl)cc2)C1C1CCCCC1. The Bertz CT molecular complexity index is 907. The first-order valence-electron chi connectivity index (χ1n) is 9.82. The Labute approximate surface area is 179 Å². The highest BCUT2D eigenvalue weighted by Gasteiger charge is 2.44. The highest BCUT2D eigenvalue weighted by molar-refractivity contribution is 7.13. The van der Waals surface area contributed by atoms with E-state index in [0.29, 0.717) is 9.90 Å². The molecule has 1 aromatic carbocycles. The normalized spacial score (nSPS) is 19.9. The van der Waals surface area contributed by atoms with Crippen LogP contribution in [0, 0.1) is 5.92 Å². The number of hydrogen-bond donors (Lipinski definition) is 1. The molecule has 8 heteroatoms. The third-order valence-corrected chi connectivity index (χ3v) is 6.45. The fourth-order valence-corrected chi connectivity index (χ4v) is 4.84. The summed E-state index contributed by atoms with van der Waals surface area (Å²) in [6.07, 6.45) is 5.29. The van der Waals surface area contributed by atoms with E-state index in [1.165, 1.54) is 24.7 Å². The lowest BCUT2D eigenvalue weighted by molar-refractivity contribution is -0.123. The van der Waals surface area contributed by atoms with Crippen molar-refractivity contribution < 1.29 is 9.59 Å². The molecule has 1 aliphatic heterocycles. The van der Waals surface area contributed by atoms with Gasteiger partial charge in [0.2, 0.25) is 17.5 Å². The van der Waals surface area contributed by atoms with Crippen molar-refractivity contribution in [2.75, 3.05) is 5.01 Å². The summed E-state index contributed by atoms with van der Waals surface area (Å²) in [6.45, 7) is 1.45. The van der Waals surface area contributed by atoms with E-state index in [1.807, 2.05) is 40.7 Å². The van der Waals surface area contributed by atoms with Gasteiger partial charge in [0, 0.05) is 17.9 Å². The maximum Gasteiger partial charge on any atom is 0.241 e. The van der Waals surface area contributed by atoms with Crippen molar-refractivity contribution in [2.24, 2.45) is 11.0 Å². The number of hydrazone groups is 1. The highest BCUT2D eigenvalue weighted by Crippen LogP contribution is 2.36. The van der Waals surface area contributed by atoms with Gasteiger partial charge in [0.1, 0.15) is 6.17 Å². The van der Waals surface area contributed by atoms with Crippen LogP contribution >= 0.6 is 22.9 Å². The summed E-state index contributed by atoms with van der Waals surface area (Å²) in [7, 11) is 0. The molecule has 1 aromatic heterocycles. The average molecular weight is 431 g/mol. The molecule has 0 spiro atoms. The van der Waals surface area contributed by atoms with Gasteiger partial charge in [-0.3, -0.25) is 15.0 Å². The van der Waals surface area contributed by atoms with Gasteiger partial charge in [-0.2, -0.15) is 0 Å². The molecule has 1 N–H and O–H groups in total. The molecule has 1 fully saturated rings. The predicted molar refractivity (Wildman–Crippen MR) is 116 cm³/mol. The second kappa shape index (κ2) is 8.55. The zero-order chi connectivity index (χ0) is 20.4. The monoisotopic (exact) mass is 430 g/mol. The molecule has 1 atom stereocenters. The molecule has 0 bridgehead atoms. The molecule has 2 aromatic rings. The lowest BCUT2D eigenvalue weighted by Crippen LogP contribution is -2.56. The van der Waals surface area contributed by atoms with Crippen LogP contribution in [0.2, 0.25) is 5.02 Å². The van der Waals surface area contributed by atoms with Crippen LogP contribution in [0.15, 0.2) is 46.9 Å². The first-order valence-corrected chi connectivity index (χ1v) is 11.1. The molecule has 2 aliphatic rings. The molecule has 1 amide bonds. The van der Waals surface area contributed by atoms with Crippen LogP contribution in [0.1, 0.15) is 48.7 Å². The fraction of sp³-hybridized carbons (Fsp3) is 0.381. The van der Waals surface area contributed by atoms with Crippen molar-refractivity contribution in [3.63, 3.8) is 0 Å². The minimum Gasteiger partial charge on any atom is -0.284 e. The Kier molecular flexibility index (Phi) is 5.87. The summed E-state index contributed by atoms with van der Waals surface area (Å²) in [5.74, 6) is 0.110. The Hall–Kier alpha value is -2.38. The van der Waals surface area contributed by atoms with Gasteiger partial charge >= 0.3 is 0 Å². The molecule has 1 aliphatic carbocycles. The number of carbonyl (C=O) groups excluding carboxylic acids is 2. The third-order valence-electron chi connectivity index (χ3n) is 5.33. The second-order valence-electron chi connectivity index (χ2n) is 7.40. The smallest absolute Gasteiger partial charge is 0.241 e. The first-order chi connectivity index (χ1) is 14.0. The zero-order valence-electron chi connectivity index (χ0n) is 16.2. The number of rotatable bonds is 5. The van der Waals surface area contributed by atoms with Crippen LogP contribution in [-0.2, 0) is 4.79 Å². The van der Waals surface area contributed by atoms with Crippen molar-refractivity contribution in [1.82, 2.24) is 10.4 Å². The number of nitrogens with zero attached hydrogens (tertiary/aromatic N) is 3. The van der Waals surface area contributed by atoms with Gasteiger partial charge in [-0.15, -0.1) is 16.4 Å². The lowest BCUT2D eigenvalue weighted by atomic mass is 9.86. The molecule has 152 valence electrons. The maximum atomic E-state index is 13.2. The molecule has 6 nitrogen and oxygen atoms in total. The van der Waals surface area contributed by atoms with E-state index in [2.05, 4.69) is 5.43 Å². The lowest BCUT2D eigenvalue weighted by Gasteiger charge is -2.38. The molecule has 0 radical (unpaired) electrons. The number of halogens is 1. The van der Waals surface area contributed by atoms with E-state index in [9.17, 15) is 9.59 Å². The first kappa shape index (κ1) is 19.9. The summed E-state index contributed by atoms with van der Waals surface area (Å²) in [4.78, 5) is 25.8. The number of hydrogen-bond acceptors (Lipinski definition) is 6. The minimum atomic E-state index is -0.251. The number of hydrazine groups is 1. The molecule has 29 heavy (non-hydrogen) atoms. The van der Waals surface area contributed by atoms with E-state index < -0.39 is 0 Å². The van der Waals surface area contributed by atoms with Crippen molar-refractivity contribution in [2.45, 2.75) is 45.2 Å². The summed E-state index contributed by atoms with van der Waals surface area (Å²) < 4.78 is 0. The molecule has 4 rings (SSSR count). The van der Waals surface area contributed by atoms with E-state index in [0.717, 1.165) is 31.4 Å². The maximum absolute atomic E-state index is 13.2. The standard InChI is InChI=1S/C21H23ClN4O2S/c1-14(27)23-26-20(19(28)18-8-5-13-29-18)24-25(17-11-9-16(22)10-12-17)21(26)15-6-3-2-4-7-15/h5,8-13,15,21H,2-4,6-7H2,1H3,(H,23,27). The average Bonchev–Trinajstić information content (AvgIpc) is 3.37. The number of Topliss-reactive ketones (excluding diaryl/α,β-unsaturated/α-hetero) is 1. The van der Waals surface area contributed by atoms with Crippen LogP contribution in [0.5, 0.6) is 0 Å². The zero-order valence-corrected chi connectivity index (χ0v) is 17.7. The topological polar surface area (TPSA) is 65.0 Å². The summed E-state index contributed by atoms with van der Waals surface area (Å²) >= 11 is 7.44. The van der Waals surface area contributed by atoms with Gasteiger partial charge in [-0.05, 0) is 48.6 Å². The molecule has 1 unspecified atom stereocenters. The van der Waals surface area contributed by atoms with Gasteiger partial charge in [0.15, 0.2) is 0 Å². The Morgan fingerprint density at radius 1 is 1.14 bits per heavy atom. The third kappa shape index (κ3) is 4.16. The van der Waals surface area contributed by atoms with E-state index in [4.69, 9.17) is 16.7 Å². The van der Waals surface area contributed by atoms with E-state index >= 15 is 0 Å². The summed E-state index contributed by atoms with van der Waals surface area (Å²) in [5, 5.41) is 10.8. The van der Waals surface area contributed by atoms with Crippen LogP contribution in [0.25, 0.3) is 0 Å². The van der Waals surface area contributed by atoms with Crippen molar-refractivity contribution in [3.8, 4) is 0 Å². The van der Waals surface area contributed by atoms with Gasteiger partial charge in [-0.25, -0.2) is 10.0 Å². The number of benzene rings is 1. The Morgan fingerprint density at radius 3 is 2.48 bits per heavy atom. The Balaban J connectivity index is 1.76. The number of anilines is 1. The summed E-state index contributed by atoms with van der Waals surface area (Å²) in [5.41, 5.74) is 3.71. The van der Waals surface area contributed by atoms with Crippen LogP contribution < -0.4 is 10.4 Å². The van der Waals surface area contributed by atoms with Gasteiger partial charge in [0.25, 0.3) is 0 Å². The van der Waals surface area contributed by atoms with Gasteiger partial charge < -0.3 is 0 Å². The van der Waals surface area contributed by atoms with Gasteiger partial charge in [0.05, 0.1) is 10.6 Å². The van der Waals surface area contributed by atoms with Crippen LogP contribution in [0.4, 0.5) is 5.69 Å². The fourth-order valence-electron chi connectivity index (χ4n) is 4.05. The minimum absolute atomic E-state index is 0.189. The van der Waals surface area contributed by atoms with E-state index in [1.54, 1.807) is 11.1 Å². The van der Waals surface area contributed by atoms with Crippen LogP contribution in [-0.4, -0.2) is 28.7 Å². The number of amidine groups is 1. The van der Waals surface area contributed by atoms with Crippen LogP contribution in [0.3, 0.4) is 0 Å². The quantitative estimate of drug-likeness (QED) is 0.699. The van der Waals surface area contributed by atoms with Crippen molar-refractivity contribution in [3.05, 3.63) is 51.7 Å². The van der Waals surface area contributed by atoms with Crippen molar-refractivity contribution in [1.29, 1.82) is 0 Å². The highest BCUT2D eigenvalue weighted by atomic mass is 35.5. The molecule has 0 saturated heterocycles. The van der Waals surface area contributed by atoms with Crippen molar-refractivity contribution >= 4 is 46.2 Å². The molecule has 2 heterocycles. The number of amides is 1. The second-order valence-corrected chi connectivity index (χ2v) is 8.78. The number of carbonyl (C=O) groups is 2. The molecule has 1 saturated carbocycles. The molecular formula is C21H23ClN4O2S. The number of thiophene rings is 1. The Morgan fingerprint density at radius 2 is 1.86 bits per heavy atom. The largest absolute Gasteiger partial charge is 0.284 e. The number of nitrogens with one attached hydrogen (secondary N) is 1. The predicted octanol–water partition coefficient (Wildman–Crippen LogP) is 4.68. The number of ketones is 1. The molecular weight excluding hydrogens is 408 g/mol. The van der Waals surface area contributed by atoms with Gasteiger partial charge in [-0.1, -0.05) is 36.9 Å². The van der Waals surface area contributed by atoms with E-state index in [-0.39, 0.29) is 29.6 Å².